The number of allylic oxidation sites excluding steroid dienone is 1. The van der Waals surface area contributed by atoms with Gasteiger partial charge in [0, 0.05) is 28.1 Å². The Kier molecular flexibility index (Phi) is 6.43. The van der Waals surface area contributed by atoms with Crippen LogP contribution < -0.4 is 19.7 Å². The molecule has 0 radical (unpaired) electrons. The molecule has 4 atom stereocenters. The number of amides is 1. The summed E-state index contributed by atoms with van der Waals surface area (Å²) in [6, 6.07) is 25.9. The second kappa shape index (κ2) is 10.2. The lowest BCUT2D eigenvalue weighted by molar-refractivity contribution is -0.121. The minimum absolute atomic E-state index is 0.260. The highest BCUT2D eigenvalue weighted by Gasteiger charge is 2.70. The SMILES string of the molecule is COc1cccc(C(=O)[C@@H]2[C@@H](C(=O)c3cccc(OC)c3)[C@]3(C(=O)Nc4ccccc43)[C@H]3C=C(C)c4cc(C)ccc4N23)c1. The minimum Gasteiger partial charge on any atom is -0.497 e. The molecule has 0 aromatic heterocycles. The first kappa shape index (κ1) is 27.7. The average Bonchev–Trinajstić information content (AvgIpc) is 3.52. The minimum atomic E-state index is -1.39. The molecule has 0 saturated carbocycles. The van der Waals surface area contributed by atoms with Gasteiger partial charge in [-0.05, 0) is 67.4 Å². The largest absolute Gasteiger partial charge is 0.497 e. The monoisotopic (exact) mass is 584 g/mol. The maximum Gasteiger partial charge on any atom is 0.238 e. The van der Waals surface area contributed by atoms with Crippen molar-refractivity contribution in [3.05, 3.63) is 125 Å². The summed E-state index contributed by atoms with van der Waals surface area (Å²) in [4.78, 5) is 46.6. The lowest BCUT2D eigenvalue weighted by Crippen LogP contribution is -2.51. The Morgan fingerprint density at radius 2 is 1.45 bits per heavy atom. The van der Waals surface area contributed by atoms with E-state index in [1.54, 1.807) is 62.8 Å². The molecule has 4 aromatic carbocycles. The molecule has 0 bridgehead atoms. The zero-order valence-electron chi connectivity index (χ0n) is 25.0. The number of hydrogen-bond acceptors (Lipinski definition) is 6. The van der Waals surface area contributed by atoms with Crippen LogP contribution in [0.4, 0.5) is 11.4 Å². The number of anilines is 2. The Morgan fingerprint density at radius 3 is 2.14 bits per heavy atom. The summed E-state index contributed by atoms with van der Waals surface area (Å²) in [7, 11) is 3.10. The second-order valence-corrected chi connectivity index (χ2v) is 11.7. The predicted octanol–water partition coefficient (Wildman–Crippen LogP) is 6.26. The van der Waals surface area contributed by atoms with Crippen molar-refractivity contribution in [1.82, 2.24) is 0 Å². The topological polar surface area (TPSA) is 84.9 Å². The van der Waals surface area contributed by atoms with Crippen molar-refractivity contribution in [2.45, 2.75) is 31.3 Å². The van der Waals surface area contributed by atoms with Crippen LogP contribution in [-0.2, 0) is 10.2 Å². The van der Waals surface area contributed by atoms with E-state index in [-0.39, 0.29) is 17.5 Å². The molecule has 0 unspecified atom stereocenters. The van der Waals surface area contributed by atoms with E-state index in [4.69, 9.17) is 9.47 Å². The number of rotatable bonds is 6. The third kappa shape index (κ3) is 3.85. The van der Waals surface area contributed by atoms with Crippen LogP contribution in [0.15, 0.2) is 97.1 Å². The Balaban J connectivity index is 1.55. The maximum atomic E-state index is 15.0. The van der Waals surface area contributed by atoms with Crippen LogP contribution in [0.25, 0.3) is 5.57 Å². The number of carbonyl (C=O) groups excluding carboxylic acids is 3. The molecule has 3 heterocycles. The molecular formula is C37H32N2O5. The molecule has 4 aromatic rings. The molecule has 1 fully saturated rings. The quantitative estimate of drug-likeness (QED) is 0.270. The molecule has 3 aliphatic rings. The van der Waals surface area contributed by atoms with Gasteiger partial charge in [0.05, 0.1) is 26.2 Å². The number of hydrogen-bond donors (Lipinski definition) is 1. The van der Waals surface area contributed by atoms with Gasteiger partial charge in [0.1, 0.15) is 23.0 Å². The zero-order chi connectivity index (χ0) is 30.7. The number of aryl methyl sites for hydroxylation is 1. The highest BCUT2D eigenvalue weighted by molar-refractivity contribution is 6.18. The smallest absolute Gasteiger partial charge is 0.238 e. The van der Waals surface area contributed by atoms with Gasteiger partial charge in [-0.15, -0.1) is 0 Å². The van der Waals surface area contributed by atoms with Gasteiger partial charge in [-0.3, -0.25) is 14.4 Å². The van der Waals surface area contributed by atoms with Crippen molar-refractivity contribution >= 4 is 34.4 Å². The van der Waals surface area contributed by atoms with Gasteiger partial charge in [-0.1, -0.05) is 60.2 Å². The number of para-hydroxylation sites is 1. The second-order valence-electron chi connectivity index (χ2n) is 11.7. The summed E-state index contributed by atoms with van der Waals surface area (Å²) < 4.78 is 10.9. The van der Waals surface area contributed by atoms with E-state index >= 15 is 4.79 Å². The number of carbonyl (C=O) groups is 3. The predicted molar refractivity (Wildman–Crippen MR) is 170 cm³/mol. The van der Waals surface area contributed by atoms with Crippen molar-refractivity contribution in [3.8, 4) is 11.5 Å². The van der Waals surface area contributed by atoms with Gasteiger partial charge in [-0.2, -0.15) is 0 Å². The summed E-state index contributed by atoms with van der Waals surface area (Å²) in [5.74, 6) is -0.877. The summed E-state index contributed by atoms with van der Waals surface area (Å²) in [5.41, 5.74) is 4.60. The third-order valence-corrected chi connectivity index (χ3v) is 9.39. The van der Waals surface area contributed by atoms with Gasteiger partial charge >= 0.3 is 0 Å². The molecule has 7 rings (SSSR count). The van der Waals surface area contributed by atoms with Crippen LogP contribution in [0.1, 0.15) is 44.3 Å². The van der Waals surface area contributed by atoms with Crippen LogP contribution in [0.5, 0.6) is 11.5 Å². The first-order valence-electron chi connectivity index (χ1n) is 14.6. The van der Waals surface area contributed by atoms with Crippen molar-refractivity contribution in [2.24, 2.45) is 5.92 Å². The molecule has 0 aliphatic carbocycles. The number of nitrogens with one attached hydrogen (secondary N) is 1. The van der Waals surface area contributed by atoms with Crippen molar-refractivity contribution < 1.29 is 23.9 Å². The molecule has 220 valence electrons. The number of nitrogens with zero attached hydrogens (tertiary/aromatic N) is 1. The number of ketones is 2. The fourth-order valence-electron chi connectivity index (χ4n) is 7.45. The molecule has 3 aliphatic heterocycles. The van der Waals surface area contributed by atoms with E-state index in [1.165, 1.54) is 0 Å². The van der Waals surface area contributed by atoms with Crippen molar-refractivity contribution in [2.75, 3.05) is 24.4 Å². The maximum absolute atomic E-state index is 15.0. The Morgan fingerprint density at radius 1 is 0.795 bits per heavy atom. The lowest BCUT2D eigenvalue weighted by Gasteiger charge is -2.39. The van der Waals surface area contributed by atoms with Crippen LogP contribution >= 0.6 is 0 Å². The molecule has 1 saturated heterocycles. The first-order chi connectivity index (χ1) is 21.3. The number of Topliss-reactive ketones (excluding diaryl/α,β-unsaturated/α-hetero) is 2. The van der Waals surface area contributed by atoms with E-state index < -0.39 is 23.4 Å². The van der Waals surface area contributed by atoms with Crippen LogP contribution in [0.3, 0.4) is 0 Å². The van der Waals surface area contributed by atoms with Gasteiger partial charge in [0.2, 0.25) is 5.91 Å². The third-order valence-electron chi connectivity index (χ3n) is 9.39. The summed E-state index contributed by atoms with van der Waals surface area (Å²) in [5, 5.41) is 3.08. The molecule has 1 amide bonds. The summed E-state index contributed by atoms with van der Waals surface area (Å²) in [6.45, 7) is 4.05. The van der Waals surface area contributed by atoms with Gasteiger partial charge in [0.25, 0.3) is 0 Å². The normalized spacial score (nSPS) is 22.9. The number of fused-ring (bicyclic) bond motifs is 6. The van der Waals surface area contributed by atoms with E-state index in [2.05, 4.69) is 17.5 Å². The fraction of sp³-hybridized carbons (Fsp3) is 0.216. The van der Waals surface area contributed by atoms with Crippen molar-refractivity contribution in [3.63, 3.8) is 0 Å². The number of methoxy groups -OCH3 is 2. The van der Waals surface area contributed by atoms with Crippen LogP contribution in [-0.4, -0.2) is 43.8 Å². The molecule has 7 heteroatoms. The Labute approximate surface area is 256 Å². The molecule has 1 spiro atoms. The zero-order valence-corrected chi connectivity index (χ0v) is 25.0. The Hall–Kier alpha value is -5.17. The number of ether oxygens (including phenoxy) is 2. The fourth-order valence-corrected chi connectivity index (χ4v) is 7.45. The average molecular weight is 585 g/mol. The standard InChI is InChI=1S/C37H32N2O5/c1-21-15-16-30-27(17-21)22(2)18-31-37(28-13-5-6-14-29(28)38-36(37)42)32(34(40)23-9-7-11-25(19-23)43-3)33(39(30)31)35(41)24-10-8-12-26(20-24)44-4/h5-20,31-33H,1-4H3,(H,38,42)/t31-,32+,33+,37-/m1/s1. The molecule has 44 heavy (non-hydrogen) atoms. The molecular weight excluding hydrogens is 552 g/mol. The van der Waals surface area contributed by atoms with Gasteiger partial charge < -0.3 is 19.7 Å². The highest BCUT2D eigenvalue weighted by Crippen LogP contribution is 2.59. The summed E-state index contributed by atoms with van der Waals surface area (Å²) >= 11 is 0. The van der Waals surface area contributed by atoms with Gasteiger partial charge in [0.15, 0.2) is 11.6 Å². The molecule has 1 N–H and O–H groups in total. The lowest BCUT2D eigenvalue weighted by atomic mass is 9.64. The summed E-state index contributed by atoms with van der Waals surface area (Å²) in [6.07, 6.45) is 2.06. The highest BCUT2D eigenvalue weighted by atomic mass is 16.5. The van der Waals surface area contributed by atoms with E-state index in [0.29, 0.717) is 33.9 Å². The Bertz CT molecular complexity index is 1890. The van der Waals surface area contributed by atoms with Crippen LogP contribution in [0, 0.1) is 12.8 Å². The molecule has 7 nitrogen and oxygen atoms in total. The van der Waals surface area contributed by atoms with Gasteiger partial charge in [-0.25, -0.2) is 0 Å². The number of benzene rings is 4. The van der Waals surface area contributed by atoms with Crippen molar-refractivity contribution in [1.29, 1.82) is 0 Å². The van der Waals surface area contributed by atoms with E-state index in [1.807, 2.05) is 55.1 Å². The van der Waals surface area contributed by atoms with E-state index in [0.717, 1.165) is 22.4 Å². The van der Waals surface area contributed by atoms with Crippen LogP contribution in [0.2, 0.25) is 0 Å². The van der Waals surface area contributed by atoms with E-state index in [9.17, 15) is 9.59 Å². The first-order valence-corrected chi connectivity index (χ1v) is 14.6.